The van der Waals surface area contributed by atoms with E-state index < -0.39 is 47.9 Å². The lowest BCUT2D eigenvalue weighted by atomic mass is 10.0. The number of hydrogen-bond donors (Lipinski definition) is 12. The first-order valence-electron chi connectivity index (χ1n) is 14.0. The van der Waals surface area contributed by atoms with Crippen LogP contribution in [0.25, 0.3) is 0 Å². The van der Waals surface area contributed by atoms with Crippen LogP contribution < -0.4 is 61.8 Å². The molecule has 19 nitrogen and oxygen atoms in total. The number of carbonyl (C=O) groups is 4. The van der Waals surface area contributed by atoms with Crippen LogP contribution in [0.3, 0.4) is 0 Å². The summed E-state index contributed by atoms with van der Waals surface area (Å²) in [5.41, 5.74) is 43.4. The molecular formula is C24H50N14O5. The molecule has 0 rings (SSSR count). The topological polar surface area (TPSA) is 370 Å². The van der Waals surface area contributed by atoms with Gasteiger partial charge in [-0.25, -0.2) is 4.79 Å². The Hall–Kier alpha value is -4.39. The Morgan fingerprint density at radius 1 is 0.558 bits per heavy atom. The maximum atomic E-state index is 13.3. The molecule has 4 unspecified atom stereocenters. The Labute approximate surface area is 251 Å². The van der Waals surface area contributed by atoms with Crippen molar-refractivity contribution in [3.63, 3.8) is 0 Å². The van der Waals surface area contributed by atoms with Crippen LogP contribution in [0.15, 0.2) is 15.0 Å². The van der Waals surface area contributed by atoms with Crippen LogP contribution in [0.4, 0.5) is 0 Å². The van der Waals surface area contributed by atoms with E-state index in [1.165, 1.54) is 0 Å². The smallest absolute Gasteiger partial charge is 0.326 e. The van der Waals surface area contributed by atoms with Crippen LogP contribution in [-0.4, -0.2) is 97.0 Å². The Morgan fingerprint density at radius 2 is 0.930 bits per heavy atom. The van der Waals surface area contributed by atoms with Crippen molar-refractivity contribution >= 4 is 41.6 Å². The predicted molar refractivity (Wildman–Crippen MR) is 164 cm³/mol. The van der Waals surface area contributed by atoms with Gasteiger partial charge in [0.05, 0.1) is 6.04 Å². The molecule has 0 aliphatic rings. The Morgan fingerprint density at radius 3 is 1.35 bits per heavy atom. The van der Waals surface area contributed by atoms with Crippen molar-refractivity contribution in [3.8, 4) is 0 Å². The second-order valence-electron chi connectivity index (χ2n) is 9.76. The van der Waals surface area contributed by atoms with Crippen LogP contribution >= 0.6 is 0 Å². The number of amides is 3. The van der Waals surface area contributed by atoms with Gasteiger partial charge < -0.3 is 66.9 Å². The summed E-state index contributed by atoms with van der Waals surface area (Å²) < 4.78 is 0. The molecule has 0 aromatic rings. The molecule has 20 N–H and O–H groups in total. The highest BCUT2D eigenvalue weighted by Crippen LogP contribution is 2.07. The van der Waals surface area contributed by atoms with E-state index in [0.717, 1.165) is 0 Å². The average Bonchev–Trinajstić information content (AvgIpc) is 2.92. The van der Waals surface area contributed by atoms with Crippen molar-refractivity contribution in [1.82, 2.24) is 16.0 Å². The highest BCUT2D eigenvalue weighted by atomic mass is 16.4. The van der Waals surface area contributed by atoms with E-state index in [9.17, 15) is 24.3 Å². The Kier molecular flexibility index (Phi) is 20.0. The molecule has 19 heteroatoms. The lowest BCUT2D eigenvalue weighted by molar-refractivity contribution is -0.142. The number of nitrogens with zero attached hydrogens (tertiary/aromatic N) is 3. The molecule has 0 aliphatic heterocycles. The number of carbonyl (C=O) groups excluding carboxylic acids is 3. The summed E-state index contributed by atoms with van der Waals surface area (Å²) in [6.45, 7) is 0.996. The van der Waals surface area contributed by atoms with Crippen molar-refractivity contribution in [1.29, 1.82) is 0 Å². The van der Waals surface area contributed by atoms with Gasteiger partial charge in [-0.1, -0.05) is 0 Å². The molecule has 0 fully saturated rings. The molecule has 43 heavy (non-hydrogen) atoms. The first kappa shape index (κ1) is 38.6. The minimum absolute atomic E-state index is 0.0475. The van der Waals surface area contributed by atoms with Crippen LogP contribution in [0.2, 0.25) is 0 Å². The molecule has 0 saturated heterocycles. The van der Waals surface area contributed by atoms with Gasteiger partial charge in [0, 0.05) is 19.6 Å². The first-order chi connectivity index (χ1) is 20.3. The molecule has 0 aliphatic carbocycles. The number of nitrogens with two attached hydrogens (primary N) is 8. The summed E-state index contributed by atoms with van der Waals surface area (Å²) >= 11 is 0. The molecule has 0 aromatic carbocycles. The number of carboxylic acids is 1. The van der Waals surface area contributed by atoms with Gasteiger partial charge in [-0.2, -0.15) is 0 Å². The summed E-state index contributed by atoms with van der Waals surface area (Å²) in [5.74, 6) is -3.58. The number of unbranched alkanes of at least 4 members (excludes halogenated alkanes) is 1. The molecule has 0 radical (unpaired) electrons. The fourth-order valence-electron chi connectivity index (χ4n) is 3.77. The van der Waals surface area contributed by atoms with Gasteiger partial charge in [-0.05, 0) is 64.3 Å². The molecule has 0 spiro atoms. The Balaban J connectivity index is 5.63. The Bertz CT molecular complexity index is 962. The second-order valence-corrected chi connectivity index (χ2v) is 9.76. The van der Waals surface area contributed by atoms with Crippen LogP contribution in [0.5, 0.6) is 0 Å². The van der Waals surface area contributed by atoms with E-state index in [-0.39, 0.29) is 69.6 Å². The lowest BCUT2D eigenvalue weighted by Gasteiger charge is -2.25. The standard InChI is InChI=1S/C24H50N14O5/c25-10-2-1-7-15(20(41)38-17(21(42)43)9-5-13-35-24(31)32)37-19(40)16(8-4-12-34-23(29)30)36-18(39)14(26)6-3-11-33-22(27)28/h14-17H,1-13,25-26H2,(H,36,39)(H,37,40)(H,38,41)(H,42,43)(H4,27,28,33)(H4,29,30,34)(H4,31,32,35). The minimum atomic E-state index is -1.26. The molecule has 246 valence electrons. The minimum Gasteiger partial charge on any atom is -0.480 e. The highest BCUT2D eigenvalue weighted by molar-refractivity contribution is 5.94. The monoisotopic (exact) mass is 614 g/mol. The maximum Gasteiger partial charge on any atom is 0.326 e. The molecule has 0 heterocycles. The number of nitrogens with one attached hydrogen (secondary N) is 3. The van der Waals surface area contributed by atoms with E-state index in [0.29, 0.717) is 32.2 Å². The van der Waals surface area contributed by atoms with E-state index in [4.69, 9.17) is 45.9 Å². The molecule has 0 bridgehead atoms. The summed E-state index contributed by atoms with van der Waals surface area (Å²) in [7, 11) is 0. The number of rotatable bonds is 23. The van der Waals surface area contributed by atoms with Gasteiger partial charge >= 0.3 is 5.97 Å². The number of aliphatic carboxylic acids is 1. The van der Waals surface area contributed by atoms with Crippen molar-refractivity contribution in [2.75, 3.05) is 26.2 Å². The summed E-state index contributed by atoms with van der Waals surface area (Å²) in [6.07, 6.45) is 2.65. The van der Waals surface area contributed by atoms with E-state index in [2.05, 4.69) is 30.9 Å². The van der Waals surface area contributed by atoms with Gasteiger partial charge in [-0.3, -0.25) is 29.4 Å². The third-order valence-electron chi connectivity index (χ3n) is 6.02. The zero-order valence-electron chi connectivity index (χ0n) is 24.5. The fourth-order valence-corrected chi connectivity index (χ4v) is 3.77. The summed E-state index contributed by atoms with van der Waals surface area (Å²) in [4.78, 5) is 62.6. The molecule has 3 amide bonds. The second kappa shape index (κ2) is 22.2. The number of aliphatic imine (C=N–C) groups is 3. The van der Waals surface area contributed by atoms with Gasteiger partial charge in [0.1, 0.15) is 18.1 Å². The van der Waals surface area contributed by atoms with E-state index in [1.54, 1.807) is 0 Å². The maximum absolute atomic E-state index is 13.3. The third kappa shape index (κ3) is 19.4. The molecular weight excluding hydrogens is 564 g/mol. The van der Waals surface area contributed by atoms with Crippen LogP contribution in [-0.2, 0) is 19.2 Å². The largest absolute Gasteiger partial charge is 0.480 e. The first-order valence-corrected chi connectivity index (χ1v) is 14.0. The summed E-state index contributed by atoms with van der Waals surface area (Å²) in [6, 6.07) is -4.40. The normalized spacial score (nSPS) is 13.3. The number of carboxylic acid groups (broad SMARTS) is 1. The highest BCUT2D eigenvalue weighted by Gasteiger charge is 2.30. The van der Waals surface area contributed by atoms with Gasteiger partial charge in [0.2, 0.25) is 17.7 Å². The lowest BCUT2D eigenvalue weighted by Crippen LogP contribution is -2.57. The van der Waals surface area contributed by atoms with Crippen molar-refractivity contribution in [3.05, 3.63) is 0 Å². The van der Waals surface area contributed by atoms with Gasteiger partial charge in [0.15, 0.2) is 17.9 Å². The average molecular weight is 615 g/mol. The van der Waals surface area contributed by atoms with Gasteiger partial charge in [0.25, 0.3) is 0 Å². The fraction of sp³-hybridized carbons (Fsp3) is 0.708. The van der Waals surface area contributed by atoms with E-state index in [1.807, 2.05) is 0 Å². The van der Waals surface area contributed by atoms with E-state index >= 15 is 0 Å². The number of hydrogen-bond acceptors (Lipinski definition) is 9. The zero-order valence-corrected chi connectivity index (χ0v) is 24.5. The zero-order chi connectivity index (χ0) is 32.8. The third-order valence-corrected chi connectivity index (χ3v) is 6.02. The quantitative estimate of drug-likeness (QED) is 0.0292. The number of guanidine groups is 3. The van der Waals surface area contributed by atoms with Crippen LogP contribution in [0.1, 0.15) is 57.8 Å². The molecule has 4 atom stereocenters. The summed E-state index contributed by atoms with van der Waals surface area (Å²) in [5, 5.41) is 17.3. The molecule has 0 saturated carbocycles. The van der Waals surface area contributed by atoms with Gasteiger partial charge in [-0.15, -0.1) is 0 Å². The SMILES string of the molecule is NCCCCC(NC(=O)C(CCCN=C(N)N)NC(=O)C(N)CCCN=C(N)N)C(=O)NC(CCCN=C(N)N)C(=O)O. The predicted octanol–water partition coefficient (Wildman–Crippen LogP) is -4.86. The van der Waals surface area contributed by atoms with Crippen molar-refractivity contribution in [2.24, 2.45) is 60.8 Å². The van der Waals surface area contributed by atoms with Crippen molar-refractivity contribution in [2.45, 2.75) is 82.0 Å². The molecule has 0 aromatic heterocycles. The van der Waals surface area contributed by atoms with Crippen molar-refractivity contribution < 1.29 is 24.3 Å². The van der Waals surface area contributed by atoms with Crippen LogP contribution in [0, 0.1) is 0 Å².